The van der Waals surface area contributed by atoms with Crippen molar-refractivity contribution in [2.75, 3.05) is 30.3 Å². The summed E-state index contributed by atoms with van der Waals surface area (Å²) in [6, 6.07) is 10.7. The van der Waals surface area contributed by atoms with Gasteiger partial charge in [-0.3, -0.25) is 5.32 Å². The van der Waals surface area contributed by atoms with Crippen LogP contribution in [0.15, 0.2) is 42.5 Å². The highest BCUT2D eigenvalue weighted by Crippen LogP contribution is 2.34. The van der Waals surface area contributed by atoms with Crippen LogP contribution in [0.5, 0.6) is 0 Å². The first-order chi connectivity index (χ1) is 13.3. The van der Waals surface area contributed by atoms with Crippen molar-refractivity contribution in [3.8, 4) is 0 Å². The van der Waals surface area contributed by atoms with Gasteiger partial charge in [-0.15, -0.1) is 0 Å². The molecule has 1 saturated heterocycles. The number of hydrogen-bond acceptors (Lipinski definition) is 3. The lowest BCUT2D eigenvalue weighted by molar-refractivity contribution is -0.137. The third-order valence-corrected chi connectivity index (χ3v) is 4.84. The van der Waals surface area contributed by atoms with E-state index in [2.05, 4.69) is 15.6 Å². The molecule has 1 aliphatic heterocycles. The van der Waals surface area contributed by atoms with Crippen LogP contribution in [-0.4, -0.2) is 35.5 Å². The topological polar surface area (TPSA) is 57.3 Å². The molecule has 0 saturated carbocycles. The van der Waals surface area contributed by atoms with E-state index in [1.165, 1.54) is 12.1 Å². The number of nitrogens with zero attached hydrogens (tertiary/aromatic N) is 2. The molecule has 0 radical (unpaired) electrons. The van der Waals surface area contributed by atoms with Gasteiger partial charge in [0.15, 0.2) is 0 Å². The maximum absolute atomic E-state index is 13.1. The molecule has 28 heavy (non-hydrogen) atoms. The number of carbonyl (C=O) groups excluding carboxylic acids is 1. The molecule has 3 rings (SSSR count). The van der Waals surface area contributed by atoms with Gasteiger partial charge in [-0.2, -0.15) is 13.2 Å². The Kier molecular flexibility index (Phi) is 6.06. The van der Waals surface area contributed by atoms with Gasteiger partial charge in [0.25, 0.3) is 0 Å². The van der Waals surface area contributed by atoms with Crippen LogP contribution in [0.3, 0.4) is 0 Å². The SMILES string of the molecule is Cc1cccc(NC(=O)N2CCC(CNc3ccccc3C(F)(F)F)CC2)n1. The normalized spacial score (nSPS) is 15.4. The van der Waals surface area contributed by atoms with Crippen LogP contribution in [0, 0.1) is 12.8 Å². The fraction of sp³-hybridized carbons (Fsp3) is 0.400. The smallest absolute Gasteiger partial charge is 0.384 e. The van der Waals surface area contributed by atoms with Crippen molar-refractivity contribution in [2.24, 2.45) is 5.92 Å². The van der Waals surface area contributed by atoms with Crippen molar-refractivity contribution >= 4 is 17.5 Å². The molecule has 150 valence electrons. The summed E-state index contributed by atoms with van der Waals surface area (Å²) in [5.74, 6) is 0.722. The Morgan fingerprint density at radius 1 is 1.14 bits per heavy atom. The Balaban J connectivity index is 1.49. The largest absolute Gasteiger partial charge is 0.418 e. The van der Waals surface area contributed by atoms with E-state index in [0.29, 0.717) is 25.5 Å². The van der Waals surface area contributed by atoms with Crippen molar-refractivity contribution < 1.29 is 18.0 Å². The monoisotopic (exact) mass is 392 g/mol. The van der Waals surface area contributed by atoms with E-state index >= 15 is 0 Å². The first-order valence-electron chi connectivity index (χ1n) is 9.22. The van der Waals surface area contributed by atoms with Gasteiger partial charge in [-0.1, -0.05) is 18.2 Å². The Hall–Kier alpha value is -2.77. The van der Waals surface area contributed by atoms with Crippen molar-refractivity contribution in [3.05, 3.63) is 53.7 Å². The minimum Gasteiger partial charge on any atom is -0.384 e. The quantitative estimate of drug-likeness (QED) is 0.788. The zero-order valence-corrected chi connectivity index (χ0v) is 15.6. The van der Waals surface area contributed by atoms with Crippen molar-refractivity contribution in [1.29, 1.82) is 0 Å². The minimum atomic E-state index is -4.38. The van der Waals surface area contributed by atoms with Crippen LogP contribution in [0.2, 0.25) is 0 Å². The van der Waals surface area contributed by atoms with Gasteiger partial charge in [-0.25, -0.2) is 9.78 Å². The molecule has 8 heteroatoms. The van der Waals surface area contributed by atoms with Crippen LogP contribution in [-0.2, 0) is 6.18 Å². The number of likely N-dealkylation sites (tertiary alicyclic amines) is 1. The molecule has 0 atom stereocenters. The van der Waals surface area contributed by atoms with Crippen LogP contribution in [0.1, 0.15) is 24.1 Å². The first-order valence-corrected chi connectivity index (χ1v) is 9.22. The summed E-state index contributed by atoms with van der Waals surface area (Å²) in [4.78, 5) is 18.3. The number of urea groups is 1. The van der Waals surface area contributed by atoms with Gasteiger partial charge in [0.2, 0.25) is 0 Å². The second-order valence-corrected chi connectivity index (χ2v) is 6.95. The van der Waals surface area contributed by atoms with Gasteiger partial charge in [0, 0.05) is 31.0 Å². The third-order valence-electron chi connectivity index (χ3n) is 4.84. The van der Waals surface area contributed by atoms with E-state index in [-0.39, 0.29) is 17.6 Å². The Morgan fingerprint density at radius 3 is 2.54 bits per heavy atom. The molecule has 1 fully saturated rings. The number of pyridine rings is 1. The van der Waals surface area contributed by atoms with Gasteiger partial charge in [0.05, 0.1) is 5.56 Å². The lowest BCUT2D eigenvalue weighted by atomic mass is 9.96. The summed E-state index contributed by atoms with van der Waals surface area (Å²) in [6.45, 7) is 3.42. The third kappa shape index (κ3) is 5.15. The van der Waals surface area contributed by atoms with Gasteiger partial charge < -0.3 is 10.2 Å². The summed E-state index contributed by atoms with van der Waals surface area (Å²) in [7, 11) is 0. The maximum Gasteiger partial charge on any atom is 0.418 e. The number of nitrogens with one attached hydrogen (secondary N) is 2. The molecule has 2 aromatic rings. The fourth-order valence-corrected chi connectivity index (χ4v) is 3.28. The number of piperidine rings is 1. The number of anilines is 2. The summed E-state index contributed by atoms with van der Waals surface area (Å²) >= 11 is 0. The first kappa shape index (κ1) is 20.0. The molecule has 0 spiro atoms. The van der Waals surface area contributed by atoms with Gasteiger partial charge in [-0.05, 0) is 49.9 Å². The number of amides is 2. The highest BCUT2D eigenvalue weighted by Gasteiger charge is 2.33. The Labute approximate surface area is 162 Å². The number of aryl methyl sites for hydroxylation is 1. The minimum absolute atomic E-state index is 0.0979. The molecule has 0 bridgehead atoms. The molecule has 2 N–H and O–H groups in total. The Bertz CT molecular complexity index is 817. The number of rotatable bonds is 4. The summed E-state index contributed by atoms with van der Waals surface area (Å²) in [6.07, 6.45) is -2.92. The molecule has 1 aliphatic rings. The number of hydrogen-bond donors (Lipinski definition) is 2. The molecule has 5 nitrogen and oxygen atoms in total. The molecular formula is C20H23F3N4O. The van der Waals surface area contributed by atoms with E-state index in [9.17, 15) is 18.0 Å². The van der Waals surface area contributed by atoms with Gasteiger partial charge in [0.1, 0.15) is 5.82 Å². The number of benzene rings is 1. The van der Waals surface area contributed by atoms with Gasteiger partial charge >= 0.3 is 12.2 Å². The van der Waals surface area contributed by atoms with Crippen molar-refractivity contribution in [2.45, 2.75) is 25.9 Å². The average molecular weight is 392 g/mol. The molecule has 0 unspecified atom stereocenters. The number of alkyl halides is 3. The highest BCUT2D eigenvalue weighted by molar-refractivity contribution is 5.88. The maximum atomic E-state index is 13.1. The molecule has 1 aromatic carbocycles. The lowest BCUT2D eigenvalue weighted by Crippen LogP contribution is -2.42. The van der Waals surface area contributed by atoms with Crippen LogP contribution in [0.25, 0.3) is 0 Å². The molecule has 2 amide bonds. The Morgan fingerprint density at radius 2 is 1.86 bits per heavy atom. The van der Waals surface area contributed by atoms with E-state index in [1.54, 1.807) is 17.0 Å². The summed E-state index contributed by atoms with van der Waals surface area (Å²) < 4.78 is 39.2. The number of halogens is 3. The second-order valence-electron chi connectivity index (χ2n) is 6.95. The summed E-state index contributed by atoms with van der Waals surface area (Å²) in [5, 5.41) is 5.72. The zero-order chi connectivity index (χ0) is 20.1. The van der Waals surface area contributed by atoms with Crippen molar-refractivity contribution in [1.82, 2.24) is 9.88 Å². The van der Waals surface area contributed by atoms with Crippen molar-refractivity contribution in [3.63, 3.8) is 0 Å². The number of para-hydroxylation sites is 1. The number of aromatic nitrogens is 1. The predicted octanol–water partition coefficient (Wildman–Crippen LogP) is 4.76. The average Bonchev–Trinajstić information content (AvgIpc) is 2.66. The highest BCUT2D eigenvalue weighted by atomic mass is 19.4. The van der Waals surface area contributed by atoms with E-state index in [0.717, 1.165) is 24.6 Å². The lowest BCUT2D eigenvalue weighted by Gasteiger charge is -2.32. The van der Waals surface area contributed by atoms with E-state index in [4.69, 9.17) is 0 Å². The van der Waals surface area contributed by atoms with Crippen LogP contribution >= 0.6 is 0 Å². The molecule has 2 heterocycles. The molecular weight excluding hydrogens is 369 g/mol. The second kappa shape index (κ2) is 8.50. The fourth-order valence-electron chi connectivity index (χ4n) is 3.28. The molecule has 1 aromatic heterocycles. The van der Waals surface area contributed by atoms with E-state index < -0.39 is 11.7 Å². The van der Waals surface area contributed by atoms with E-state index in [1.807, 2.05) is 19.1 Å². The number of carbonyl (C=O) groups is 1. The predicted molar refractivity (Wildman–Crippen MR) is 102 cm³/mol. The van der Waals surface area contributed by atoms with Crippen LogP contribution in [0.4, 0.5) is 29.5 Å². The zero-order valence-electron chi connectivity index (χ0n) is 15.6. The van der Waals surface area contributed by atoms with Crippen LogP contribution < -0.4 is 10.6 Å². The summed E-state index contributed by atoms with van der Waals surface area (Å²) in [5.41, 5.74) is 0.264. The standard InChI is InChI=1S/C20H23F3N4O/c1-14-5-4-8-18(25-14)26-19(28)27-11-9-15(10-12-27)13-24-17-7-3-2-6-16(17)20(21,22)23/h2-8,15,24H,9-13H2,1H3,(H,25,26,28). The molecule has 0 aliphatic carbocycles.